The van der Waals surface area contributed by atoms with Gasteiger partial charge >= 0.3 is 0 Å². The minimum atomic E-state index is 0.137. The molecule has 0 aliphatic carbocycles. The van der Waals surface area contributed by atoms with Gasteiger partial charge in [0.25, 0.3) is 0 Å². The molecule has 14 heavy (non-hydrogen) atoms. The van der Waals surface area contributed by atoms with Gasteiger partial charge < -0.3 is 15.8 Å². The van der Waals surface area contributed by atoms with Crippen molar-refractivity contribution in [2.24, 2.45) is 17.1 Å². The van der Waals surface area contributed by atoms with E-state index in [2.05, 4.69) is 33.0 Å². The Kier molecular flexibility index (Phi) is 6.33. The first-order chi connectivity index (χ1) is 6.44. The van der Waals surface area contributed by atoms with Crippen LogP contribution >= 0.6 is 0 Å². The van der Waals surface area contributed by atoms with Gasteiger partial charge in [0.15, 0.2) is 0 Å². The molecule has 3 heteroatoms. The van der Waals surface area contributed by atoms with E-state index in [1.807, 2.05) is 0 Å². The van der Waals surface area contributed by atoms with E-state index in [9.17, 15) is 0 Å². The maximum atomic E-state index is 5.53. The molecule has 0 fully saturated rings. The highest BCUT2D eigenvalue weighted by molar-refractivity contribution is 4.76. The van der Waals surface area contributed by atoms with Crippen molar-refractivity contribution in [1.82, 2.24) is 5.32 Å². The highest BCUT2D eigenvalue weighted by Crippen LogP contribution is 2.24. The van der Waals surface area contributed by atoms with Crippen LogP contribution in [0.5, 0.6) is 0 Å². The zero-order chi connectivity index (χ0) is 11.2. The number of nitrogens with two attached hydrogens (primary N) is 1. The molecular weight excluding hydrogens is 176 g/mol. The summed E-state index contributed by atoms with van der Waals surface area (Å²) in [4.78, 5) is 0. The molecule has 0 rings (SSSR count). The second-order valence-corrected chi connectivity index (χ2v) is 4.87. The highest BCUT2D eigenvalue weighted by atomic mass is 16.5. The summed E-state index contributed by atoms with van der Waals surface area (Å²) in [6.07, 6.45) is 0.137. The maximum Gasteiger partial charge on any atom is 0.0817 e. The molecule has 1 atom stereocenters. The molecule has 0 heterocycles. The van der Waals surface area contributed by atoms with E-state index in [4.69, 9.17) is 10.5 Å². The van der Waals surface area contributed by atoms with Gasteiger partial charge in [0.05, 0.1) is 6.10 Å². The zero-order valence-corrected chi connectivity index (χ0v) is 10.3. The van der Waals surface area contributed by atoms with Gasteiger partial charge in [-0.15, -0.1) is 0 Å². The quantitative estimate of drug-likeness (QED) is 0.653. The smallest absolute Gasteiger partial charge is 0.0817 e. The van der Waals surface area contributed by atoms with E-state index in [1.54, 1.807) is 7.11 Å². The Labute approximate surface area is 88.4 Å². The van der Waals surface area contributed by atoms with Gasteiger partial charge in [-0.3, -0.25) is 0 Å². The average Bonchev–Trinajstić information content (AvgIpc) is 2.12. The number of methoxy groups -OCH3 is 1. The largest absolute Gasteiger partial charge is 0.379 e. The van der Waals surface area contributed by atoms with Crippen molar-refractivity contribution in [3.8, 4) is 0 Å². The SMILES string of the molecule is COC(CN)CNCC(C)(C)C(C)C. The monoisotopic (exact) mass is 202 g/mol. The Hall–Kier alpha value is -0.120. The number of rotatable bonds is 7. The molecule has 0 bridgehead atoms. The third-order valence-corrected chi connectivity index (χ3v) is 3.11. The highest BCUT2D eigenvalue weighted by Gasteiger charge is 2.21. The molecule has 0 aromatic rings. The second-order valence-electron chi connectivity index (χ2n) is 4.87. The van der Waals surface area contributed by atoms with Crippen molar-refractivity contribution in [3.63, 3.8) is 0 Å². The summed E-state index contributed by atoms with van der Waals surface area (Å²) in [6.45, 7) is 11.5. The second kappa shape index (κ2) is 6.38. The summed E-state index contributed by atoms with van der Waals surface area (Å²) in [5.41, 5.74) is 5.85. The number of hydrogen-bond donors (Lipinski definition) is 2. The van der Waals surface area contributed by atoms with Gasteiger partial charge in [-0.25, -0.2) is 0 Å². The predicted molar refractivity (Wildman–Crippen MR) is 61.3 cm³/mol. The molecule has 0 saturated carbocycles. The lowest BCUT2D eigenvalue weighted by molar-refractivity contribution is 0.103. The Morgan fingerprint density at radius 1 is 1.36 bits per heavy atom. The molecule has 0 amide bonds. The Balaban J connectivity index is 3.72. The van der Waals surface area contributed by atoms with E-state index in [1.165, 1.54) is 0 Å². The van der Waals surface area contributed by atoms with E-state index in [0.29, 0.717) is 17.9 Å². The van der Waals surface area contributed by atoms with E-state index < -0.39 is 0 Å². The maximum absolute atomic E-state index is 5.53. The summed E-state index contributed by atoms with van der Waals surface area (Å²) >= 11 is 0. The first-order valence-electron chi connectivity index (χ1n) is 5.37. The van der Waals surface area contributed by atoms with E-state index in [-0.39, 0.29) is 6.10 Å². The fourth-order valence-electron chi connectivity index (χ4n) is 1.02. The first-order valence-corrected chi connectivity index (χ1v) is 5.37. The van der Waals surface area contributed by atoms with Crippen molar-refractivity contribution in [3.05, 3.63) is 0 Å². The fraction of sp³-hybridized carbons (Fsp3) is 1.00. The lowest BCUT2D eigenvalue weighted by Crippen LogP contribution is -2.40. The predicted octanol–water partition coefficient (Wildman–Crippen LogP) is 1.23. The summed E-state index contributed by atoms with van der Waals surface area (Å²) in [7, 11) is 1.70. The van der Waals surface area contributed by atoms with Crippen LogP contribution < -0.4 is 11.1 Å². The number of ether oxygens (including phenoxy) is 1. The molecule has 0 aliphatic heterocycles. The molecule has 0 radical (unpaired) electrons. The molecule has 1 unspecified atom stereocenters. The molecule has 0 spiro atoms. The van der Waals surface area contributed by atoms with Gasteiger partial charge in [0, 0.05) is 26.7 Å². The lowest BCUT2D eigenvalue weighted by atomic mass is 9.81. The van der Waals surface area contributed by atoms with Crippen molar-refractivity contribution < 1.29 is 4.74 Å². The van der Waals surface area contributed by atoms with E-state index >= 15 is 0 Å². The van der Waals surface area contributed by atoms with Gasteiger partial charge in [0.1, 0.15) is 0 Å². The van der Waals surface area contributed by atoms with Crippen LogP contribution in [-0.4, -0.2) is 32.8 Å². The summed E-state index contributed by atoms with van der Waals surface area (Å²) in [5, 5.41) is 3.40. The van der Waals surface area contributed by atoms with Gasteiger partial charge in [-0.1, -0.05) is 27.7 Å². The van der Waals surface area contributed by atoms with Crippen LogP contribution in [0.4, 0.5) is 0 Å². The van der Waals surface area contributed by atoms with Crippen LogP contribution in [0.25, 0.3) is 0 Å². The van der Waals surface area contributed by atoms with Crippen LogP contribution in [0, 0.1) is 11.3 Å². The summed E-state index contributed by atoms with van der Waals surface area (Å²) < 4.78 is 5.19. The topological polar surface area (TPSA) is 47.3 Å². The molecule has 3 N–H and O–H groups in total. The lowest BCUT2D eigenvalue weighted by Gasteiger charge is -2.30. The third-order valence-electron chi connectivity index (χ3n) is 3.11. The van der Waals surface area contributed by atoms with Gasteiger partial charge in [-0.2, -0.15) is 0 Å². The minimum absolute atomic E-state index is 0.137. The van der Waals surface area contributed by atoms with Crippen molar-refractivity contribution in [2.45, 2.75) is 33.8 Å². The van der Waals surface area contributed by atoms with Crippen LogP contribution in [0.15, 0.2) is 0 Å². The molecular formula is C11H26N2O. The molecule has 86 valence electrons. The van der Waals surface area contributed by atoms with Crippen molar-refractivity contribution in [1.29, 1.82) is 0 Å². The first kappa shape index (κ1) is 13.9. The average molecular weight is 202 g/mol. The van der Waals surface area contributed by atoms with Crippen LogP contribution in [-0.2, 0) is 4.74 Å². The molecule has 3 nitrogen and oxygen atoms in total. The van der Waals surface area contributed by atoms with E-state index in [0.717, 1.165) is 13.1 Å². The number of nitrogens with one attached hydrogen (secondary N) is 1. The summed E-state index contributed by atoms with van der Waals surface area (Å²) in [5.74, 6) is 0.675. The fourth-order valence-corrected chi connectivity index (χ4v) is 1.02. The van der Waals surface area contributed by atoms with Gasteiger partial charge in [0.2, 0.25) is 0 Å². The number of hydrogen-bond acceptors (Lipinski definition) is 3. The van der Waals surface area contributed by atoms with Crippen LogP contribution in [0.3, 0.4) is 0 Å². The van der Waals surface area contributed by atoms with Crippen LogP contribution in [0.1, 0.15) is 27.7 Å². The molecule has 0 aliphatic rings. The Morgan fingerprint density at radius 3 is 2.29 bits per heavy atom. The summed E-state index contributed by atoms with van der Waals surface area (Å²) in [6, 6.07) is 0. The standard InChI is InChI=1S/C11H26N2O/c1-9(2)11(3,4)8-13-7-10(6-12)14-5/h9-10,13H,6-8,12H2,1-5H3. The molecule has 0 aromatic carbocycles. The van der Waals surface area contributed by atoms with Crippen LogP contribution in [0.2, 0.25) is 0 Å². The third kappa shape index (κ3) is 4.94. The minimum Gasteiger partial charge on any atom is -0.379 e. The normalized spacial score (nSPS) is 14.8. The molecule has 0 aromatic heterocycles. The Morgan fingerprint density at radius 2 is 1.93 bits per heavy atom. The molecule has 0 saturated heterocycles. The zero-order valence-electron chi connectivity index (χ0n) is 10.3. The van der Waals surface area contributed by atoms with Crippen molar-refractivity contribution in [2.75, 3.05) is 26.7 Å². The Bertz CT molecular complexity index is 142. The van der Waals surface area contributed by atoms with Crippen molar-refractivity contribution >= 4 is 0 Å². The van der Waals surface area contributed by atoms with Gasteiger partial charge in [-0.05, 0) is 11.3 Å².